The summed E-state index contributed by atoms with van der Waals surface area (Å²) in [6, 6.07) is 13.6. The van der Waals surface area contributed by atoms with E-state index in [-0.39, 0.29) is 5.91 Å². The highest BCUT2D eigenvalue weighted by Gasteiger charge is 2.10. The van der Waals surface area contributed by atoms with Crippen LogP contribution in [-0.2, 0) is 0 Å². The number of thioether (sulfide) groups is 1. The molecule has 0 aliphatic carbocycles. The molecule has 0 unspecified atom stereocenters. The molecular formula is C16H14N2OS2. The van der Waals surface area contributed by atoms with Crippen LogP contribution < -0.4 is 5.32 Å². The molecule has 106 valence electrons. The van der Waals surface area contributed by atoms with Crippen LogP contribution in [0.2, 0.25) is 0 Å². The number of benzene rings is 2. The molecule has 3 aromatic rings. The van der Waals surface area contributed by atoms with Crippen molar-refractivity contribution in [3.8, 4) is 0 Å². The van der Waals surface area contributed by atoms with Crippen LogP contribution in [0.15, 0.2) is 47.4 Å². The summed E-state index contributed by atoms with van der Waals surface area (Å²) >= 11 is 3.19. The summed E-state index contributed by atoms with van der Waals surface area (Å²) in [4.78, 5) is 17.8. The Morgan fingerprint density at radius 2 is 1.95 bits per heavy atom. The molecule has 21 heavy (non-hydrogen) atoms. The van der Waals surface area contributed by atoms with Crippen molar-refractivity contribution in [3.05, 3.63) is 53.6 Å². The number of anilines is 1. The molecular weight excluding hydrogens is 300 g/mol. The predicted octanol–water partition coefficient (Wildman–Crippen LogP) is 4.58. The van der Waals surface area contributed by atoms with E-state index in [4.69, 9.17) is 0 Å². The average Bonchev–Trinajstić information content (AvgIpc) is 2.88. The highest BCUT2D eigenvalue weighted by atomic mass is 32.2. The maximum atomic E-state index is 12.2. The van der Waals surface area contributed by atoms with Crippen molar-refractivity contribution in [2.75, 3.05) is 11.6 Å². The number of carbonyl (C=O) groups is 1. The van der Waals surface area contributed by atoms with Gasteiger partial charge in [-0.25, -0.2) is 4.98 Å². The summed E-state index contributed by atoms with van der Waals surface area (Å²) in [5, 5.41) is 3.50. The van der Waals surface area contributed by atoms with Gasteiger partial charge in [-0.05, 0) is 43.5 Å². The molecule has 0 radical (unpaired) electrons. The molecule has 0 bridgehead atoms. The average molecular weight is 314 g/mol. The van der Waals surface area contributed by atoms with Crippen LogP contribution in [0.4, 0.5) is 5.13 Å². The maximum Gasteiger partial charge on any atom is 0.257 e. The van der Waals surface area contributed by atoms with Gasteiger partial charge in [-0.2, -0.15) is 0 Å². The van der Waals surface area contributed by atoms with E-state index in [9.17, 15) is 4.79 Å². The lowest BCUT2D eigenvalue weighted by Crippen LogP contribution is -2.11. The fourth-order valence-electron chi connectivity index (χ4n) is 1.96. The number of nitrogens with one attached hydrogen (secondary N) is 1. The molecule has 1 amide bonds. The Morgan fingerprint density at radius 3 is 2.67 bits per heavy atom. The summed E-state index contributed by atoms with van der Waals surface area (Å²) in [5.41, 5.74) is 2.69. The number of hydrogen-bond donors (Lipinski definition) is 1. The van der Waals surface area contributed by atoms with Gasteiger partial charge in [0.15, 0.2) is 5.13 Å². The SMILES string of the molecule is CSc1ccc2nc(NC(=O)c3ccc(C)cc3)sc2c1. The highest BCUT2D eigenvalue weighted by Crippen LogP contribution is 2.29. The van der Waals surface area contributed by atoms with Gasteiger partial charge < -0.3 is 0 Å². The van der Waals surface area contributed by atoms with Crippen LogP contribution in [0.1, 0.15) is 15.9 Å². The first-order valence-corrected chi connectivity index (χ1v) is 8.52. The summed E-state index contributed by atoms with van der Waals surface area (Å²) in [5.74, 6) is -0.126. The molecule has 0 saturated heterocycles. The molecule has 0 fully saturated rings. The Kier molecular flexibility index (Phi) is 3.94. The maximum absolute atomic E-state index is 12.2. The number of aryl methyl sites for hydroxylation is 1. The Morgan fingerprint density at radius 1 is 1.19 bits per heavy atom. The van der Waals surface area contributed by atoms with Crippen molar-refractivity contribution in [1.82, 2.24) is 4.98 Å². The van der Waals surface area contributed by atoms with Crippen LogP contribution >= 0.6 is 23.1 Å². The smallest absolute Gasteiger partial charge is 0.257 e. The molecule has 2 aromatic carbocycles. The number of aromatic nitrogens is 1. The van der Waals surface area contributed by atoms with Crippen molar-refractivity contribution >= 4 is 44.4 Å². The Hall–Kier alpha value is -1.85. The summed E-state index contributed by atoms with van der Waals surface area (Å²) in [7, 11) is 0. The van der Waals surface area contributed by atoms with Crippen molar-refractivity contribution in [1.29, 1.82) is 0 Å². The van der Waals surface area contributed by atoms with E-state index in [0.717, 1.165) is 15.8 Å². The van der Waals surface area contributed by atoms with E-state index in [2.05, 4.69) is 16.4 Å². The van der Waals surface area contributed by atoms with E-state index < -0.39 is 0 Å². The minimum absolute atomic E-state index is 0.126. The first-order chi connectivity index (χ1) is 10.2. The van der Waals surface area contributed by atoms with E-state index in [1.165, 1.54) is 16.2 Å². The third-order valence-electron chi connectivity index (χ3n) is 3.13. The van der Waals surface area contributed by atoms with Crippen LogP contribution in [0, 0.1) is 6.92 Å². The number of carbonyl (C=O) groups excluding carboxylic acids is 1. The van der Waals surface area contributed by atoms with Gasteiger partial charge in [-0.1, -0.05) is 29.0 Å². The number of amides is 1. The van der Waals surface area contributed by atoms with Crippen LogP contribution in [-0.4, -0.2) is 17.1 Å². The minimum Gasteiger partial charge on any atom is -0.298 e. The lowest BCUT2D eigenvalue weighted by molar-refractivity contribution is 0.102. The number of thiazole rings is 1. The quantitative estimate of drug-likeness (QED) is 0.720. The fraction of sp³-hybridized carbons (Fsp3) is 0.125. The van der Waals surface area contributed by atoms with E-state index in [1.54, 1.807) is 11.8 Å². The topological polar surface area (TPSA) is 42.0 Å². The van der Waals surface area contributed by atoms with Crippen molar-refractivity contribution in [3.63, 3.8) is 0 Å². The first-order valence-electron chi connectivity index (χ1n) is 6.48. The van der Waals surface area contributed by atoms with Crippen LogP contribution in [0.25, 0.3) is 10.2 Å². The van der Waals surface area contributed by atoms with Gasteiger partial charge in [0.1, 0.15) is 0 Å². The monoisotopic (exact) mass is 314 g/mol. The predicted molar refractivity (Wildman–Crippen MR) is 90.5 cm³/mol. The van der Waals surface area contributed by atoms with Gasteiger partial charge in [0.05, 0.1) is 10.2 Å². The normalized spacial score (nSPS) is 10.8. The molecule has 0 aliphatic heterocycles. The van der Waals surface area contributed by atoms with Crippen LogP contribution in [0.5, 0.6) is 0 Å². The lowest BCUT2D eigenvalue weighted by atomic mass is 10.1. The van der Waals surface area contributed by atoms with Crippen molar-refractivity contribution in [2.24, 2.45) is 0 Å². The van der Waals surface area contributed by atoms with Gasteiger partial charge in [0, 0.05) is 10.5 Å². The number of nitrogens with zero attached hydrogens (tertiary/aromatic N) is 1. The third kappa shape index (κ3) is 3.09. The molecule has 1 N–H and O–H groups in total. The second kappa shape index (κ2) is 5.87. The number of rotatable bonds is 3. The Balaban J connectivity index is 1.84. The molecule has 0 atom stereocenters. The zero-order valence-corrected chi connectivity index (χ0v) is 13.3. The lowest BCUT2D eigenvalue weighted by Gasteiger charge is -2.01. The second-order valence-electron chi connectivity index (χ2n) is 4.67. The van der Waals surface area contributed by atoms with Gasteiger partial charge in [0.2, 0.25) is 0 Å². The van der Waals surface area contributed by atoms with E-state index >= 15 is 0 Å². The third-order valence-corrected chi connectivity index (χ3v) is 4.79. The zero-order valence-electron chi connectivity index (χ0n) is 11.7. The summed E-state index contributed by atoms with van der Waals surface area (Å²) in [6.07, 6.45) is 2.04. The van der Waals surface area contributed by atoms with Crippen LogP contribution in [0.3, 0.4) is 0 Å². The largest absolute Gasteiger partial charge is 0.298 e. The molecule has 1 aromatic heterocycles. The molecule has 5 heteroatoms. The number of hydrogen-bond acceptors (Lipinski definition) is 4. The molecule has 3 nitrogen and oxygen atoms in total. The van der Waals surface area contributed by atoms with Gasteiger partial charge in [-0.15, -0.1) is 11.8 Å². The highest BCUT2D eigenvalue weighted by molar-refractivity contribution is 7.98. The van der Waals surface area contributed by atoms with Gasteiger partial charge in [0.25, 0.3) is 5.91 Å². The van der Waals surface area contributed by atoms with E-state index in [0.29, 0.717) is 10.7 Å². The number of fused-ring (bicyclic) bond motifs is 1. The van der Waals surface area contributed by atoms with Gasteiger partial charge >= 0.3 is 0 Å². The van der Waals surface area contributed by atoms with Gasteiger partial charge in [-0.3, -0.25) is 10.1 Å². The minimum atomic E-state index is -0.126. The fourth-order valence-corrected chi connectivity index (χ4v) is 3.37. The molecule has 1 heterocycles. The first kappa shape index (κ1) is 14.1. The molecule has 0 spiro atoms. The van der Waals surface area contributed by atoms with Crippen molar-refractivity contribution < 1.29 is 4.79 Å². The molecule has 0 saturated carbocycles. The Labute approximate surface area is 131 Å². The zero-order chi connectivity index (χ0) is 14.8. The Bertz CT molecular complexity index is 794. The standard InChI is InChI=1S/C16H14N2OS2/c1-10-3-5-11(6-4-10)15(19)18-16-17-13-8-7-12(20-2)9-14(13)21-16/h3-9H,1-2H3,(H,17,18,19). The molecule has 0 aliphatic rings. The summed E-state index contributed by atoms with van der Waals surface area (Å²) in [6.45, 7) is 2.00. The molecule has 3 rings (SSSR count). The van der Waals surface area contributed by atoms with E-state index in [1.807, 2.05) is 49.6 Å². The van der Waals surface area contributed by atoms with Crippen molar-refractivity contribution in [2.45, 2.75) is 11.8 Å². The summed E-state index contributed by atoms with van der Waals surface area (Å²) < 4.78 is 1.08. The second-order valence-corrected chi connectivity index (χ2v) is 6.58.